The molecule has 150 valence electrons. The highest BCUT2D eigenvalue weighted by Crippen LogP contribution is 2.39. The molecule has 1 aromatic heterocycles. The van der Waals surface area contributed by atoms with E-state index in [1.54, 1.807) is 0 Å². The fourth-order valence-electron chi connectivity index (χ4n) is 2.96. The SMILES string of the molecule is NC(=O)Nc1cc(-c2ccccc2)sc1S(=O)(=O)OC1CCCN(C(N)=O)C1. The molecule has 1 aromatic carbocycles. The summed E-state index contributed by atoms with van der Waals surface area (Å²) in [5.74, 6) is 0. The van der Waals surface area contributed by atoms with Crippen LogP contribution in [0.5, 0.6) is 0 Å². The third-order valence-corrected chi connectivity index (χ3v) is 7.23. The number of carbonyl (C=O) groups is 2. The summed E-state index contributed by atoms with van der Waals surface area (Å²) in [5, 5.41) is 2.34. The number of amides is 4. The zero-order valence-corrected chi connectivity index (χ0v) is 16.5. The molecule has 2 heterocycles. The predicted molar refractivity (Wildman–Crippen MR) is 105 cm³/mol. The molecule has 1 saturated heterocycles. The maximum absolute atomic E-state index is 12.9. The lowest BCUT2D eigenvalue weighted by Gasteiger charge is -2.30. The summed E-state index contributed by atoms with van der Waals surface area (Å²) in [6.07, 6.45) is 0.336. The number of rotatable bonds is 5. The smallest absolute Gasteiger partial charge is 0.316 e. The highest BCUT2D eigenvalue weighted by atomic mass is 32.3. The van der Waals surface area contributed by atoms with Gasteiger partial charge in [-0.05, 0) is 24.5 Å². The topological polar surface area (TPSA) is 145 Å². The highest BCUT2D eigenvalue weighted by molar-refractivity contribution is 7.89. The van der Waals surface area contributed by atoms with Crippen molar-refractivity contribution in [2.24, 2.45) is 11.5 Å². The van der Waals surface area contributed by atoms with E-state index in [9.17, 15) is 18.0 Å². The first-order valence-corrected chi connectivity index (χ1v) is 10.7. The Morgan fingerprint density at radius 3 is 2.57 bits per heavy atom. The maximum atomic E-state index is 12.9. The van der Waals surface area contributed by atoms with Gasteiger partial charge in [0.05, 0.1) is 18.3 Å². The van der Waals surface area contributed by atoms with Gasteiger partial charge in [0.2, 0.25) is 0 Å². The molecular weight excluding hydrogens is 404 g/mol. The lowest BCUT2D eigenvalue weighted by molar-refractivity contribution is 0.110. The number of hydrogen-bond acceptors (Lipinski definition) is 6. The molecule has 0 saturated carbocycles. The van der Waals surface area contributed by atoms with Gasteiger partial charge in [-0.3, -0.25) is 4.18 Å². The van der Waals surface area contributed by atoms with Crippen LogP contribution in [0.2, 0.25) is 0 Å². The number of nitrogens with zero attached hydrogens (tertiary/aromatic N) is 1. The quantitative estimate of drug-likeness (QED) is 0.630. The number of nitrogens with two attached hydrogens (primary N) is 2. The summed E-state index contributed by atoms with van der Waals surface area (Å²) in [6, 6.07) is 9.16. The normalized spacial score (nSPS) is 17.3. The van der Waals surface area contributed by atoms with E-state index in [1.807, 2.05) is 30.3 Å². The first kappa shape index (κ1) is 20.1. The van der Waals surface area contributed by atoms with Gasteiger partial charge in [-0.2, -0.15) is 8.42 Å². The Morgan fingerprint density at radius 1 is 1.21 bits per heavy atom. The van der Waals surface area contributed by atoms with Crippen molar-refractivity contribution in [3.63, 3.8) is 0 Å². The second kappa shape index (κ2) is 8.17. The number of anilines is 1. The molecule has 1 unspecified atom stereocenters. The van der Waals surface area contributed by atoms with Crippen LogP contribution < -0.4 is 16.8 Å². The summed E-state index contributed by atoms with van der Waals surface area (Å²) in [5.41, 5.74) is 11.3. The third-order valence-electron chi connectivity index (χ3n) is 4.19. The first-order chi connectivity index (χ1) is 13.3. The summed E-state index contributed by atoms with van der Waals surface area (Å²) in [4.78, 5) is 24.7. The number of likely N-dealkylation sites (tertiary alicyclic amines) is 1. The average Bonchev–Trinajstić information content (AvgIpc) is 3.06. The fourth-order valence-corrected chi connectivity index (χ4v) is 5.59. The standard InChI is InChI=1S/C17H20N4O5S2/c18-16(22)20-13-9-14(11-5-2-1-3-6-11)27-15(13)28(24,25)26-12-7-4-8-21(10-12)17(19)23/h1-3,5-6,9,12H,4,7-8,10H2,(H2,19,23)(H3,18,20,22). The van der Waals surface area contributed by atoms with Crippen molar-refractivity contribution in [1.82, 2.24) is 4.90 Å². The zero-order valence-electron chi connectivity index (χ0n) is 14.8. The molecule has 1 aliphatic rings. The van der Waals surface area contributed by atoms with Crippen LogP contribution in [-0.2, 0) is 14.3 Å². The largest absolute Gasteiger partial charge is 0.351 e. The third kappa shape index (κ3) is 4.61. The molecule has 0 radical (unpaired) electrons. The van der Waals surface area contributed by atoms with Gasteiger partial charge in [0.15, 0.2) is 4.21 Å². The van der Waals surface area contributed by atoms with Crippen molar-refractivity contribution < 1.29 is 22.2 Å². The Kier molecular flexibility index (Phi) is 5.87. The van der Waals surface area contributed by atoms with Gasteiger partial charge < -0.3 is 21.7 Å². The van der Waals surface area contributed by atoms with Crippen LogP contribution in [0.1, 0.15) is 12.8 Å². The summed E-state index contributed by atoms with van der Waals surface area (Å²) in [6.45, 7) is 0.547. The first-order valence-electron chi connectivity index (χ1n) is 8.49. The number of hydrogen-bond donors (Lipinski definition) is 3. The second-order valence-corrected chi connectivity index (χ2v) is 9.09. The van der Waals surface area contributed by atoms with E-state index in [1.165, 1.54) is 11.0 Å². The van der Waals surface area contributed by atoms with Crippen LogP contribution in [-0.4, -0.2) is 44.6 Å². The Bertz CT molecular complexity index is 975. The van der Waals surface area contributed by atoms with E-state index in [-0.39, 0.29) is 16.4 Å². The molecule has 0 spiro atoms. The number of benzene rings is 1. The number of carbonyl (C=O) groups excluding carboxylic acids is 2. The van der Waals surface area contributed by atoms with E-state index >= 15 is 0 Å². The molecule has 1 aliphatic heterocycles. The van der Waals surface area contributed by atoms with Crippen molar-refractivity contribution in [3.8, 4) is 10.4 Å². The summed E-state index contributed by atoms with van der Waals surface area (Å²) < 4.78 is 31.0. The lowest BCUT2D eigenvalue weighted by Crippen LogP contribution is -2.46. The molecule has 1 atom stereocenters. The van der Waals surface area contributed by atoms with E-state index in [4.69, 9.17) is 15.7 Å². The molecule has 1 fully saturated rings. The van der Waals surface area contributed by atoms with Gasteiger partial charge in [0, 0.05) is 11.4 Å². The molecule has 3 rings (SSSR count). The number of thiophene rings is 1. The Hall–Kier alpha value is -2.63. The van der Waals surface area contributed by atoms with Gasteiger partial charge in [0.1, 0.15) is 0 Å². The summed E-state index contributed by atoms with van der Waals surface area (Å²) >= 11 is 0.969. The minimum atomic E-state index is -4.20. The van der Waals surface area contributed by atoms with E-state index in [0.717, 1.165) is 16.9 Å². The van der Waals surface area contributed by atoms with Crippen LogP contribution in [0.4, 0.5) is 15.3 Å². The van der Waals surface area contributed by atoms with Crippen LogP contribution >= 0.6 is 11.3 Å². The molecule has 2 aromatic rings. The maximum Gasteiger partial charge on any atom is 0.316 e. The molecule has 0 aliphatic carbocycles. The van der Waals surface area contributed by atoms with E-state index in [0.29, 0.717) is 24.3 Å². The van der Waals surface area contributed by atoms with Crippen molar-refractivity contribution in [3.05, 3.63) is 36.4 Å². The highest BCUT2D eigenvalue weighted by Gasteiger charge is 2.31. The van der Waals surface area contributed by atoms with Crippen molar-refractivity contribution in [2.75, 3.05) is 18.4 Å². The van der Waals surface area contributed by atoms with Gasteiger partial charge in [-0.15, -0.1) is 11.3 Å². The van der Waals surface area contributed by atoms with Crippen molar-refractivity contribution in [2.45, 2.75) is 23.2 Å². The summed E-state index contributed by atoms with van der Waals surface area (Å²) in [7, 11) is -4.20. The second-order valence-electron chi connectivity index (χ2n) is 6.27. The van der Waals surface area contributed by atoms with Crippen molar-refractivity contribution >= 4 is 39.2 Å². The minimum absolute atomic E-state index is 0.0546. The van der Waals surface area contributed by atoms with Gasteiger partial charge >= 0.3 is 22.2 Å². The monoisotopic (exact) mass is 424 g/mol. The molecular formula is C17H20N4O5S2. The van der Waals surface area contributed by atoms with Crippen LogP contribution in [0.3, 0.4) is 0 Å². The number of piperidine rings is 1. The van der Waals surface area contributed by atoms with Crippen LogP contribution in [0, 0.1) is 0 Å². The number of nitrogens with one attached hydrogen (secondary N) is 1. The van der Waals surface area contributed by atoms with E-state index in [2.05, 4.69) is 5.32 Å². The Labute approximate surface area is 166 Å². The van der Waals surface area contributed by atoms with Gasteiger partial charge in [-0.1, -0.05) is 30.3 Å². The average molecular weight is 425 g/mol. The lowest BCUT2D eigenvalue weighted by atomic mass is 10.1. The van der Waals surface area contributed by atoms with Crippen LogP contribution in [0.15, 0.2) is 40.6 Å². The molecule has 11 heteroatoms. The molecule has 5 N–H and O–H groups in total. The fraction of sp³-hybridized carbons (Fsp3) is 0.294. The zero-order chi connectivity index (χ0) is 20.3. The minimum Gasteiger partial charge on any atom is -0.351 e. The van der Waals surface area contributed by atoms with Gasteiger partial charge in [0.25, 0.3) is 0 Å². The Morgan fingerprint density at radius 2 is 1.93 bits per heavy atom. The van der Waals surface area contributed by atoms with Gasteiger partial charge in [-0.25, -0.2) is 9.59 Å². The number of primary amides is 2. The molecule has 4 amide bonds. The number of urea groups is 2. The van der Waals surface area contributed by atoms with Crippen LogP contribution in [0.25, 0.3) is 10.4 Å². The van der Waals surface area contributed by atoms with Crippen molar-refractivity contribution in [1.29, 1.82) is 0 Å². The predicted octanol–water partition coefficient (Wildman–Crippen LogP) is 2.15. The molecule has 9 nitrogen and oxygen atoms in total. The Balaban J connectivity index is 1.90. The molecule has 0 bridgehead atoms. The van der Waals surface area contributed by atoms with E-state index < -0.39 is 28.3 Å². The molecule has 28 heavy (non-hydrogen) atoms.